The van der Waals surface area contributed by atoms with E-state index >= 15 is 0 Å². The molecule has 4 nitrogen and oxygen atoms in total. The minimum Gasteiger partial charge on any atom is -0.501 e. The van der Waals surface area contributed by atoms with E-state index in [2.05, 4.69) is 155 Å². The van der Waals surface area contributed by atoms with Crippen molar-refractivity contribution in [2.75, 3.05) is 0 Å². The van der Waals surface area contributed by atoms with E-state index in [1.165, 1.54) is 33.1 Å². The molecule has 0 amide bonds. The van der Waals surface area contributed by atoms with E-state index in [1.54, 1.807) is 32.9 Å². The first kappa shape index (κ1) is 34.7. The van der Waals surface area contributed by atoms with Crippen molar-refractivity contribution in [3.63, 3.8) is 0 Å². The van der Waals surface area contributed by atoms with Crippen LogP contribution in [-0.2, 0) is 26.5 Å². The fourth-order valence-electron chi connectivity index (χ4n) is 8.80. The molecule has 12 aromatic rings. The number of furan rings is 1. The van der Waals surface area contributed by atoms with Crippen molar-refractivity contribution in [1.82, 2.24) is 14.4 Å². The van der Waals surface area contributed by atoms with E-state index < -0.39 is 18.6 Å². The number of pyridine rings is 1. The first-order valence-corrected chi connectivity index (χ1v) is 20.8. The van der Waals surface area contributed by atoms with Crippen molar-refractivity contribution in [2.45, 2.75) is 34.0 Å². The molecule has 0 atom stereocenters. The minimum absolute atomic E-state index is 0. The van der Waals surface area contributed by atoms with Crippen molar-refractivity contribution in [3.05, 3.63) is 199 Å². The second-order valence-corrected chi connectivity index (χ2v) is 16.7. The van der Waals surface area contributed by atoms with Gasteiger partial charge in [0, 0.05) is 54.8 Å². The van der Waals surface area contributed by atoms with Crippen molar-refractivity contribution >= 4 is 81.6 Å². The Labute approximate surface area is 386 Å². The number of aromatic nitrogens is 3. The predicted octanol–water partition coefficient (Wildman–Crippen LogP) is 15.5. The van der Waals surface area contributed by atoms with Gasteiger partial charge in [0.2, 0.25) is 0 Å². The normalized spacial score (nSPS) is 13.3. The van der Waals surface area contributed by atoms with Crippen LogP contribution in [0.3, 0.4) is 0 Å². The van der Waals surface area contributed by atoms with Gasteiger partial charge in [-0.3, -0.25) is 4.98 Å². The summed E-state index contributed by atoms with van der Waals surface area (Å²) in [5.41, 5.74) is 6.16. The molecule has 4 heterocycles. The van der Waals surface area contributed by atoms with E-state index in [0.29, 0.717) is 11.3 Å². The number of nitrogens with zero attached hydrogens (tertiary/aromatic N) is 3. The Morgan fingerprint density at radius 3 is 2.00 bits per heavy atom. The summed E-state index contributed by atoms with van der Waals surface area (Å²) in [5, 5.41) is 11.6. The third kappa shape index (κ3) is 7.18. The van der Waals surface area contributed by atoms with Gasteiger partial charge >= 0.3 is 0 Å². The van der Waals surface area contributed by atoms with Crippen molar-refractivity contribution in [2.24, 2.45) is 5.41 Å². The third-order valence-electron chi connectivity index (χ3n) is 11.5. The van der Waals surface area contributed by atoms with Crippen molar-refractivity contribution < 1.29 is 31.4 Å². The zero-order valence-corrected chi connectivity index (χ0v) is 37.2. The van der Waals surface area contributed by atoms with Crippen LogP contribution in [-0.4, -0.2) is 14.4 Å². The molecular formula is C58H43IrN3O-2. The molecule has 307 valence electrons. The third-order valence-corrected chi connectivity index (χ3v) is 11.5. The summed E-state index contributed by atoms with van der Waals surface area (Å²) in [5.74, 6) is 0.811. The Bertz CT molecular complexity index is 3950. The van der Waals surface area contributed by atoms with Gasteiger partial charge < -0.3 is 13.8 Å². The second kappa shape index (κ2) is 16.1. The number of rotatable bonds is 3. The maximum atomic E-state index is 8.48. The number of fused-ring (bicyclic) bond motifs is 11. The Balaban J connectivity index is 0.000000192. The van der Waals surface area contributed by atoms with Crippen LogP contribution < -0.4 is 0 Å². The van der Waals surface area contributed by atoms with Gasteiger partial charge in [0.15, 0.2) is 0 Å². The van der Waals surface area contributed by atoms with Crippen LogP contribution in [0.1, 0.15) is 38.8 Å². The van der Waals surface area contributed by atoms with Crippen molar-refractivity contribution in [1.29, 1.82) is 0 Å². The molecule has 63 heavy (non-hydrogen) atoms. The number of para-hydroxylation sites is 2. The Morgan fingerprint density at radius 1 is 0.635 bits per heavy atom. The molecule has 0 aliphatic heterocycles. The molecule has 0 saturated heterocycles. The van der Waals surface area contributed by atoms with E-state index in [0.717, 1.165) is 66.0 Å². The molecular weight excluding hydrogens is 947 g/mol. The van der Waals surface area contributed by atoms with Gasteiger partial charge in [0.05, 0.1) is 22.4 Å². The average Bonchev–Trinajstić information content (AvgIpc) is 3.92. The van der Waals surface area contributed by atoms with Gasteiger partial charge in [-0.1, -0.05) is 146 Å². The molecule has 4 aromatic heterocycles. The Hall–Kier alpha value is -6.91. The van der Waals surface area contributed by atoms with Crippen molar-refractivity contribution in [3.8, 4) is 22.6 Å². The average molecular weight is 995 g/mol. The zero-order chi connectivity index (χ0) is 46.2. The van der Waals surface area contributed by atoms with Crippen LogP contribution >= 0.6 is 0 Å². The zero-order valence-electron chi connectivity index (χ0n) is 39.8. The minimum atomic E-state index is -2.42. The van der Waals surface area contributed by atoms with E-state index in [9.17, 15) is 0 Å². The molecule has 0 aliphatic rings. The van der Waals surface area contributed by atoms with E-state index in [1.807, 2.05) is 24.3 Å². The molecule has 0 unspecified atom stereocenters. The molecule has 0 bridgehead atoms. The molecule has 8 aromatic carbocycles. The number of imidazole rings is 1. The molecule has 0 aliphatic carbocycles. The van der Waals surface area contributed by atoms with E-state index in [-0.39, 0.29) is 31.2 Å². The van der Waals surface area contributed by atoms with Gasteiger partial charge in [-0.2, -0.15) is 0 Å². The second-order valence-electron chi connectivity index (χ2n) is 16.7. The summed E-state index contributed by atoms with van der Waals surface area (Å²) in [6, 6.07) is 64.8. The summed E-state index contributed by atoms with van der Waals surface area (Å²) in [4.78, 5) is 9.56. The van der Waals surface area contributed by atoms with Gasteiger partial charge in [-0.25, -0.2) is 0 Å². The molecule has 5 heteroatoms. The van der Waals surface area contributed by atoms with Crippen LogP contribution in [0.15, 0.2) is 180 Å². The van der Waals surface area contributed by atoms with Crippen LogP contribution in [0.5, 0.6) is 0 Å². The van der Waals surface area contributed by atoms with Gasteiger partial charge in [-0.05, 0) is 86.5 Å². The summed E-state index contributed by atoms with van der Waals surface area (Å²) < 4.78 is 49.0. The monoisotopic (exact) mass is 995 g/mol. The van der Waals surface area contributed by atoms with Crippen LogP contribution in [0, 0.1) is 24.4 Å². The molecule has 0 saturated carbocycles. The predicted molar refractivity (Wildman–Crippen MR) is 259 cm³/mol. The Kier molecular flexibility index (Phi) is 8.85. The SMILES string of the molecule is [2H]C([2H])([2H])c1cnc(-c2[c-]cccc2)cc1C([2H])([2H])C(C)(C)C.[Ir].[c-]1ccc2c(oc3cc4ccccc4cc32)c1-c1nc2cccc3c4ccccc4c4ccccc4c4ccccc4n1c23. The quantitative estimate of drug-likeness (QED) is 0.166. The molecule has 12 rings (SSSR count). The summed E-state index contributed by atoms with van der Waals surface area (Å²) in [6.07, 6.45) is -0.550. The largest absolute Gasteiger partial charge is 0.501 e. The fraction of sp³-hybridized carbons (Fsp3) is 0.103. The Morgan fingerprint density at radius 2 is 1.29 bits per heavy atom. The van der Waals surface area contributed by atoms with Gasteiger partial charge in [0.25, 0.3) is 0 Å². The fourth-order valence-corrected chi connectivity index (χ4v) is 8.80. The number of hydrogen-bond acceptors (Lipinski definition) is 3. The molecule has 0 N–H and O–H groups in total. The summed E-state index contributed by atoms with van der Waals surface area (Å²) >= 11 is 0. The summed E-state index contributed by atoms with van der Waals surface area (Å²) in [6.45, 7) is 2.85. The smallest absolute Gasteiger partial charge is 0.121 e. The number of aryl methyl sites for hydroxylation is 1. The van der Waals surface area contributed by atoms with Crippen LogP contribution in [0.25, 0.3) is 104 Å². The van der Waals surface area contributed by atoms with Crippen LogP contribution in [0.4, 0.5) is 0 Å². The molecule has 0 spiro atoms. The van der Waals surface area contributed by atoms with Gasteiger partial charge in [-0.15, -0.1) is 54.1 Å². The van der Waals surface area contributed by atoms with Gasteiger partial charge in [0.1, 0.15) is 5.58 Å². The molecule has 1 radical (unpaired) electrons. The first-order chi connectivity index (χ1) is 32.3. The van der Waals surface area contributed by atoms with Crippen LogP contribution in [0.2, 0.25) is 0 Å². The molecule has 0 fully saturated rings. The standard InChI is InChI=1S/C41H23N2O.C17H20N.Ir/c1-2-12-26-24-38-35(23-25(26)11-1)33-19-9-20-34(40(33)44-38)41-42-36-21-10-18-32-30-16-6-4-14-28(30)27-13-3-5-15-29(27)31-17-7-8-22-37(31)43(41)39(32)36;1-13-12-18-16(14-8-6-5-7-9-14)10-15(13)11-17(2,3)4;/h1-19,21-24H;5-8,10,12H,11H2,1-4H3;/q2*-1;/i;1D3,11D2;. The maximum Gasteiger partial charge on any atom is 0.121 e. The topological polar surface area (TPSA) is 43.3 Å². The maximum absolute atomic E-state index is 8.48. The first-order valence-electron chi connectivity index (χ1n) is 23.3. The number of benzene rings is 8. The number of hydrogen-bond donors (Lipinski definition) is 0. The van der Waals surface area contributed by atoms with E-state index in [4.69, 9.17) is 16.3 Å². The summed E-state index contributed by atoms with van der Waals surface area (Å²) in [7, 11) is 0.